The quantitative estimate of drug-likeness (QED) is 0.492. The van der Waals surface area contributed by atoms with Crippen molar-refractivity contribution >= 4 is 17.3 Å². The van der Waals surface area contributed by atoms with Crippen LogP contribution in [0.4, 0.5) is 11.4 Å². The van der Waals surface area contributed by atoms with Crippen LogP contribution in [0, 0.1) is 10.1 Å². The van der Waals surface area contributed by atoms with Crippen molar-refractivity contribution in [3.8, 4) is 0 Å². The van der Waals surface area contributed by atoms with Crippen LogP contribution in [0.2, 0.25) is 0 Å². The normalized spacial score (nSPS) is 14.8. The van der Waals surface area contributed by atoms with E-state index in [2.05, 4.69) is 5.32 Å². The number of nitrogens with zero attached hydrogens (tertiary/aromatic N) is 1. The largest absolute Gasteiger partial charge is 0.462 e. The first kappa shape index (κ1) is 16.3. The zero-order valence-electron chi connectivity index (χ0n) is 13.1. The summed E-state index contributed by atoms with van der Waals surface area (Å²) < 4.78 is 5.07. The molecule has 1 N–H and O–H groups in total. The molecule has 0 spiro atoms. The van der Waals surface area contributed by atoms with Gasteiger partial charge in [-0.2, -0.15) is 0 Å². The first-order valence-corrected chi connectivity index (χ1v) is 7.81. The fourth-order valence-corrected chi connectivity index (χ4v) is 2.88. The van der Waals surface area contributed by atoms with Crippen LogP contribution in [-0.4, -0.2) is 23.5 Å². The van der Waals surface area contributed by atoms with E-state index < -0.39 is 10.9 Å². The number of hydrogen-bond donors (Lipinski definition) is 1. The minimum atomic E-state index is -0.513. The van der Waals surface area contributed by atoms with E-state index in [-0.39, 0.29) is 17.9 Å². The number of anilines is 1. The molecule has 6 heteroatoms. The summed E-state index contributed by atoms with van der Waals surface area (Å²) in [5, 5.41) is 14.5. The number of rotatable bonds is 6. The van der Waals surface area contributed by atoms with Gasteiger partial charge >= 0.3 is 5.97 Å². The van der Waals surface area contributed by atoms with Crippen molar-refractivity contribution in [2.75, 3.05) is 11.9 Å². The van der Waals surface area contributed by atoms with Gasteiger partial charge in [-0.15, -0.1) is 0 Å². The average molecular weight is 306 g/mol. The Morgan fingerprint density at radius 1 is 1.36 bits per heavy atom. The third-order valence-electron chi connectivity index (χ3n) is 4.00. The van der Waals surface area contributed by atoms with Gasteiger partial charge in [-0.25, -0.2) is 4.79 Å². The number of nitrogens with one attached hydrogen (secondary N) is 1. The van der Waals surface area contributed by atoms with Gasteiger partial charge in [0.15, 0.2) is 0 Å². The average Bonchev–Trinajstić information content (AvgIpc) is 3.00. The summed E-state index contributed by atoms with van der Waals surface area (Å²) in [6.45, 7) is 3.89. The monoisotopic (exact) mass is 306 g/mol. The van der Waals surface area contributed by atoms with Crippen molar-refractivity contribution in [1.82, 2.24) is 0 Å². The lowest BCUT2D eigenvalue weighted by molar-refractivity contribution is -0.384. The smallest absolute Gasteiger partial charge is 0.340 e. The van der Waals surface area contributed by atoms with Crippen LogP contribution in [0.5, 0.6) is 0 Å². The highest BCUT2D eigenvalue weighted by molar-refractivity contribution is 5.97. The highest BCUT2D eigenvalue weighted by atomic mass is 16.6. The van der Waals surface area contributed by atoms with Gasteiger partial charge in [0.2, 0.25) is 0 Å². The Kier molecular flexibility index (Phi) is 5.35. The summed E-state index contributed by atoms with van der Waals surface area (Å²) >= 11 is 0. The highest BCUT2D eigenvalue weighted by Gasteiger charge is 2.24. The number of esters is 1. The van der Waals surface area contributed by atoms with Gasteiger partial charge in [-0.05, 0) is 31.7 Å². The number of ether oxygens (including phenoxy) is 1. The van der Waals surface area contributed by atoms with E-state index in [9.17, 15) is 14.9 Å². The predicted molar refractivity (Wildman–Crippen MR) is 84.3 cm³/mol. The van der Waals surface area contributed by atoms with Crippen molar-refractivity contribution < 1.29 is 14.5 Å². The molecule has 0 aromatic heterocycles. The SMILES string of the molecule is CCOC(=O)c1cc([N+](=O)[O-])cc(CC)c1NC1CCCC1. The van der Waals surface area contributed by atoms with E-state index in [0.29, 0.717) is 18.2 Å². The molecule has 0 amide bonds. The number of benzene rings is 1. The van der Waals surface area contributed by atoms with Crippen molar-refractivity contribution in [2.45, 2.75) is 52.0 Å². The van der Waals surface area contributed by atoms with Crippen molar-refractivity contribution in [3.63, 3.8) is 0 Å². The van der Waals surface area contributed by atoms with Gasteiger partial charge in [0, 0.05) is 18.2 Å². The van der Waals surface area contributed by atoms with E-state index >= 15 is 0 Å². The van der Waals surface area contributed by atoms with E-state index in [1.54, 1.807) is 13.0 Å². The molecule has 0 saturated heterocycles. The number of carbonyl (C=O) groups is 1. The van der Waals surface area contributed by atoms with Gasteiger partial charge < -0.3 is 10.1 Å². The van der Waals surface area contributed by atoms with Crippen molar-refractivity contribution in [3.05, 3.63) is 33.4 Å². The summed E-state index contributed by atoms with van der Waals surface area (Å²) in [7, 11) is 0. The van der Waals surface area contributed by atoms with Crippen LogP contribution < -0.4 is 5.32 Å². The van der Waals surface area contributed by atoms with Gasteiger partial charge in [0.1, 0.15) is 0 Å². The molecule has 0 bridgehead atoms. The number of non-ortho nitro benzene ring substituents is 1. The zero-order chi connectivity index (χ0) is 16.1. The summed E-state index contributed by atoms with van der Waals surface area (Å²) in [6.07, 6.45) is 5.07. The molecular weight excluding hydrogens is 284 g/mol. The van der Waals surface area contributed by atoms with Crippen molar-refractivity contribution in [1.29, 1.82) is 0 Å². The van der Waals surface area contributed by atoms with E-state index in [1.165, 1.54) is 18.9 Å². The van der Waals surface area contributed by atoms with E-state index in [1.807, 2.05) is 6.92 Å². The molecule has 1 aliphatic carbocycles. The molecule has 0 unspecified atom stereocenters. The maximum atomic E-state index is 12.2. The van der Waals surface area contributed by atoms with Crippen LogP contribution in [0.3, 0.4) is 0 Å². The van der Waals surface area contributed by atoms with Crippen LogP contribution in [0.25, 0.3) is 0 Å². The first-order valence-electron chi connectivity index (χ1n) is 7.81. The molecule has 0 heterocycles. The first-order chi connectivity index (χ1) is 10.6. The molecule has 1 aliphatic rings. The summed E-state index contributed by atoms with van der Waals surface area (Å²) in [6, 6.07) is 3.17. The fourth-order valence-electron chi connectivity index (χ4n) is 2.88. The lowest BCUT2D eigenvalue weighted by Crippen LogP contribution is -2.19. The van der Waals surface area contributed by atoms with Gasteiger partial charge in [0.05, 0.1) is 22.8 Å². The van der Waals surface area contributed by atoms with Crippen LogP contribution in [0.1, 0.15) is 55.5 Å². The van der Waals surface area contributed by atoms with Crippen LogP contribution in [0.15, 0.2) is 12.1 Å². The third kappa shape index (κ3) is 3.55. The molecule has 1 saturated carbocycles. The topological polar surface area (TPSA) is 81.5 Å². The van der Waals surface area contributed by atoms with Gasteiger partial charge in [-0.1, -0.05) is 19.8 Å². The second-order valence-corrected chi connectivity index (χ2v) is 5.48. The number of nitro groups is 1. The molecule has 6 nitrogen and oxygen atoms in total. The summed E-state index contributed by atoms with van der Waals surface area (Å²) in [5.74, 6) is -0.513. The fraction of sp³-hybridized carbons (Fsp3) is 0.562. The molecule has 2 rings (SSSR count). The maximum absolute atomic E-state index is 12.2. The zero-order valence-corrected chi connectivity index (χ0v) is 13.1. The summed E-state index contributed by atoms with van der Waals surface area (Å²) in [5.41, 5.74) is 1.67. The Morgan fingerprint density at radius 3 is 2.59 bits per heavy atom. The standard InChI is InChI=1S/C16H22N2O4/c1-3-11-9-13(18(20)21)10-14(16(19)22-4-2)15(11)17-12-7-5-6-8-12/h9-10,12,17H,3-8H2,1-2H3. The molecule has 1 aromatic rings. The maximum Gasteiger partial charge on any atom is 0.340 e. The minimum absolute atomic E-state index is 0.0723. The van der Waals surface area contributed by atoms with Crippen LogP contribution in [-0.2, 0) is 11.2 Å². The lowest BCUT2D eigenvalue weighted by Gasteiger charge is -2.19. The number of hydrogen-bond acceptors (Lipinski definition) is 5. The second kappa shape index (κ2) is 7.24. The Bertz CT molecular complexity index is 566. The Hall–Kier alpha value is -2.11. The Balaban J connectivity index is 2.45. The molecule has 22 heavy (non-hydrogen) atoms. The summed E-state index contributed by atoms with van der Waals surface area (Å²) in [4.78, 5) is 22.8. The number of nitro benzene ring substituents is 1. The minimum Gasteiger partial charge on any atom is -0.462 e. The van der Waals surface area contributed by atoms with Gasteiger partial charge in [-0.3, -0.25) is 10.1 Å². The lowest BCUT2D eigenvalue weighted by atomic mass is 10.0. The van der Waals surface area contributed by atoms with Crippen molar-refractivity contribution in [2.24, 2.45) is 0 Å². The van der Waals surface area contributed by atoms with E-state index in [4.69, 9.17) is 4.74 Å². The molecule has 0 aliphatic heterocycles. The molecule has 1 fully saturated rings. The van der Waals surface area contributed by atoms with Crippen LogP contribution >= 0.6 is 0 Å². The Morgan fingerprint density at radius 2 is 2.05 bits per heavy atom. The third-order valence-corrected chi connectivity index (χ3v) is 4.00. The second-order valence-electron chi connectivity index (χ2n) is 5.48. The Labute approximate surface area is 130 Å². The molecular formula is C16H22N2O4. The number of aryl methyl sites for hydroxylation is 1. The molecule has 0 atom stereocenters. The molecule has 1 aromatic carbocycles. The highest BCUT2D eigenvalue weighted by Crippen LogP contribution is 2.31. The van der Waals surface area contributed by atoms with Gasteiger partial charge in [0.25, 0.3) is 5.69 Å². The van der Waals surface area contributed by atoms with E-state index in [0.717, 1.165) is 18.4 Å². The molecule has 120 valence electrons. The molecule has 0 radical (unpaired) electrons. The number of carbonyl (C=O) groups excluding carboxylic acids is 1. The predicted octanol–water partition coefficient (Wildman–Crippen LogP) is 3.69.